The van der Waals surface area contributed by atoms with Gasteiger partial charge in [-0.05, 0) is 62.2 Å². The summed E-state index contributed by atoms with van der Waals surface area (Å²) in [5.41, 5.74) is 15.6. The summed E-state index contributed by atoms with van der Waals surface area (Å²) in [6.07, 6.45) is 0. The van der Waals surface area contributed by atoms with Crippen molar-refractivity contribution in [3.8, 4) is 90.2 Å². The van der Waals surface area contributed by atoms with Gasteiger partial charge in [0.1, 0.15) is 11.5 Å². The van der Waals surface area contributed by atoms with Crippen LogP contribution in [0.5, 0.6) is 11.5 Å². The predicted octanol–water partition coefficient (Wildman–Crippen LogP) is 14.3. The van der Waals surface area contributed by atoms with Crippen LogP contribution < -0.4 is 4.74 Å². The van der Waals surface area contributed by atoms with Crippen molar-refractivity contribution >= 4 is 0 Å². The quantitative estimate of drug-likeness (QED) is 0.168. The molecule has 1 aliphatic carbocycles. The van der Waals surface area contributed by atoms with Crippen molar-refractivity contribution < 1.29 is 4.74 Å². The van der Waals surface area contributed by atoms with Gasteiger partial charge in [-0.3, -0.25) is 0 Å². The number of ether oxygens (including phenoxy) is 1. The largest absolute Gasteiger partial charge is 0.457 e. The number of fused-ring (bicyclic) bond motifs is 9. The molecule has 1 spiro atoms. The van der Waals surface area contributed by atoms with Gasteiger partial charge < -0.3 is 4.74 Å². The van der Waals surface area contributed by atoms with E-state index < -0.39 is 5.41 Å². The van der Waals surface area contributed by atoms with E-state index in [-0.39, 0.29) is 0 Å². The van der Waals surface area contributed by atoms with Gasteiger partial charge >= 0.3 is 0 Å². The van der Waals surface area contributed by atoms with Crippen molar-refractivity contribution in [1.82, 2.24) is 15.0 Å². The molecule has 10 aromatic rings. The van der Waals surface area contributed by atoms with Gasteiger partial charge in [0.2, 0.25) is 0 Å². The number of hydrogen-bond donors (Lipinski definition) is 0. The van der Waals surface area contributed by atoms with E-state index in [2.05, 4.69) is 218 Å². The highest BCUT2D eigenvalue weighted by atomic mass is 16.5. The standard InChI is InChI=1S/C58H37N3O/c1-4-18-38(19-5-1)39-34-36-42(37-35-39)55-59-56(46-27-16-26-43(40-20-6-2-7-21-40)53(46)41-22-8-3-9-23-41)61-57(60-55)47-28-17-33-52-54(47)58(50-31-14-15-32-51(50)62-52)48-29-12-10-24-44(48)45-25-11-13-30-49(45)58/h1-37H. The van der Waals surface area contributed by atoms with E-state index in [9.17, 15) is 0 Å². The minimum atomic E-state index is -0.708. The van der Waals surface area contributed by atoms with E-state index >= 15 is 0 Å². The van der Waals surface area contributed by atoms with Crippen LogP contribution in [0.3, 0.4) is 0 Å². The fourth-order valence-corrected chi connectivity index (χ4v) is 9.80. The molecular weight excluding hydrogens is 755 g/mol. The molecule has 4 heteroatoms. The van der Waals surface area contributed by atoms with Gasteiger partial charge in [-0.1, -0.05) is 212 Å². The summed E-state index contributed by atoms with van der Waals surface area (Å²) in [5, 5.41) is 0. The fourth-order valence-electron chi connectivity index (χ4n) is 9.80. The number of para-hydroxylation sites is 1. The van der Waals surface area contributed by atoms with Crippen LogP contribution in [0.1, 0.15) is 22.3 Å². The van der Waals surface area contributed by atoms with Gasteiger partial charge in [0, 0.05) is 33.4 Å². The van der Waals surface area contributed by atoms with Crippen molar-refractivity contribution in [2.45, 2.75) is 5.41 Å². The third kappa shape index (κ3) is 5.58. The number of benzene rings is 9. The fraction of sp³-hybridized carbons (Fsp3) is 0.0172. The van der Waals surface area contributed by atoms with Crippen molar-refractivity contribution in [3.05, 3.63) is 247 Å². The van der Waals surface area contributed by atoms with Crippen LogP contribution in [0.15, 0.2) is 224 Å². The van der Waals surface area contributed by atoms with E-state index in [1.807, 2.05) is 6.07 Å². The molecule has 0 radical (unpaired) electrons. The molecule has 1 aliphatic heterocycles. The van der Waals surface area contributed by atoms with Crippen LogP contribution in [0.2, 0.25) is 0 Å². The molecule has 4 nitrogen and oxygen atoms in total. The molecule has 0 N–H and O–H groups in total. The van der Waals surface area contributed by atoms with Crippen molar-refractivity contribution in [2.75, 3.05) is 0 Å². The van der Waals surface area contributed by atoms with Gasteiger partial charge in [-0.2, -0.15) is 0 Å². The van der Waals surface area contributed by atoms with Crippen LogP contribution in [-0.2, 0) is 5.41 Å². The Labute approximate surface area is 360 Å². The highest BCUT2D eigenvalue weighted by Gasteiger charge is 2.52. The Hall–Kier alpha value is -8.21. The summed E-state index contributed by atoms with van der Waals surface area (Å²) in [5.74, 6) is 3.36. The van der Waals surface area contributed by atoms with E-state index in [0.29, 0.717) is 17.5 Å². The molecule has 290 valence electrons. The van der Waals surface area contributed by atoms with E-state index in [1.54, 1.807) is 0 Å². The molecular formula is C58H37N3O. The number of hydrogen-bond acceptors (Lipinski definition) is 4. The van der Waals surface area contributed by atoms with Crippen molar-refractivity contribution in [3.63, 3.8) is 0 Å². The summed E-state index contributed by atoms with van der Waals surface area (Å²) in [6, 6.07) is 78.9. The normalized spacial score (nSPS) is 12.8. The molecule has 0 atom stereocenters. The highest BCUT2D eigenvalue weighted by Crippen LogP contribution is 2.63. The molecule has 2 aliphatic rings. The topological polar surface area (TPSA) is 47.9 Å². The van der Waals surface area contributed by atoms with Gasteiger partial charge in [0.15, 0.2) is 17.5 Å². The predicted molar refractivity (Wildman–Crippen MR) is 250 cm³/mol. The van der Waals surface area contributed by atoms with Crippen molar-refractivity contribution in [2.24, 2.45) is 0 Å². The molecule has 1 aromatic heterocycles. The molecule has 62 heavy (non-hydrogen) atoms. The Kier molecular flexibility index (Phi) is 8.36. The zero-order valence-electron chi connectivity index (χ0n) is 33.6. The molecule has 0 unspecified atom stereocenters. The second-order valence-corrected chi connectivity index (χ2v) is 15.8. The molecule has 12 rings (SSSR count). The molecule has 2 heterocycles. The maximum Gasteiger partial charge on any atom is 0.164 e. The van der Waals surface area contributed by atoms with E-state index in [1.165, 1.54) is 22.3 Å². The highest BCUT2D eigenvalue weighted by molar-refractivity contribution is 5.94. The van der Waals surface area contributed by atoms with Crippen LogP contribution in [0.25, 0.3) is 78.7 Å². The summed E-state index contributed by atoms with van der Waals surface area (Å²) in [7, 11) is 0. The molecule has 0 amide bonds. The van der Waals surface area contributed by atoms with E-state index in [0.717, 1.165) is 72.7 Å². The zero-order chi connectivity index (χ0) is 41.0. The number of nitrogens with zero attached hydrogens (tertiary/aromatic N) is 3. The van der Waals surface area contributed by atoms with Gasteiger partial charge in [0.25, 0.3) is 0 Å². The minimum absolute atomic E-state index is 0.572. The molecule has 9 aromatic carbocycles. The summed E-state index contributed by atoms with van der Waals surface area (Å²) < 4.78 is 6.91. The first-order valence-electron chi connectivity index (χ1n) is 21.0. The molecule has 0 saturated heterocycles. The lowest BCUT2D eigenvalue weighted by atomic mass is 9.64. The monoisotopic (exact) mass is 791 g/mol. The lowest BCUT2D eigenvalue weighted by molar-refractivity contribution is 0.437. The van der Waals surface area contributed by atoms with Gasteiger partial charge in [0.05, 0.1) is 5.41 Å². The molecule has 0 bridgehead atoms. The molecule has 0 saturated carbocycles. The summed E-state index contributed by atoms with van der Waals surface area (Å²) >= 11 is 0. The van der Waals surface area contributed by atoms with Gasteiger partial charge in [-0.25, -0.2) is 15.0 Å². The maximum absolute atomic E-state index is 6.91. The first-order chi connectivity index (χ1) is 30.8. The number of rotatable bonds is 6. The Morgan fingerprint density at radius 2 is 0.710 bits per heavy atom. The smallest absolute Gasteiger partial charge is 0.164 e. The SMILES string of the molecule is c1ccc(-c2ccc(-c3nc(-c4cccc(-c5ccccc5)c4-c4ccccc4)nc(-c4cccc5c4C4(c6ccccc6O5)c5ccccc5-c5ccccc54)n3)cc2)cc1. The zero-order valence-corrected chi connectivity index (χ0v) is 33.6. The van der Waals surface area contributed by atoms with Crippen LogP contribution >= 0.6 is 0 Å². The first kappa shape index (κ1) is 35.7. The van der Waals surface area contributed by atoms with Crippen molar-refractivity contribution in [1.29, 1.82) is 0 Å². The Morgan fingerprint density at radius 3 is 1.39 bits per heavy atom. The second-order valence-electron chi connectivity index (χ2n) is 15.8. The second kappa shape index (κ2) is 14.5. The average Bonchev–Trinajstić information content (AvgIpc) is 3.64. The average molecular weight is 792 g/mol. The molecule has 0 fully saturated rings. The third-order valence-electron chi connectivity index (χ3n) is 12.4. The summed E-state index contributed by atoms with van der Waals surface area (Å²) in [4.78, 5) is 16.4. The Morgan fingerprint density at radius 1 is 0.274 bits per heavy atom. The Bertz CT molecular complexity index is 3260. The van der Waals surface area contributed by atoms with E-state index in [4.69, 9.17) is 19.7 Å². The van der Waals surface area contributed by atoms with Crippen LogP contribution in [-0.4, -0.2) is 15.0 Å². The third-order valence-corrected chi connectivity index (χ3v) is 12.4. The lowest BCUT2D eigenvalue weighted by Gasteiger charge is -2.40. The first-order valence-corrected chi connectivity index (χ1v) is 21.0. The van der Waals surface area contributed by atoms with Crippen LogP contribution in [0.4, 0.5) is 0 Å². The summed E-state index contributed by atoms with van der Waals surface area (Å²) in [6.45, 7) is 0. The minimum Gasteiger partial charge on any atom is -0.457 e. The Balaban J connectivity index is 1.15. The number of aromatic nitrogens is 3. The lowest BCUT2D eigenvalue weighted by Crippen LogP contribution is -2.33. The maximum atomic E-state index is 6.91. The van der Waals surface area contributed by atoms with Gasteiger partial charge in [-0.15, -0.1) is 0 Å². The van der Waals surface area contributed by atoms with Crippen LogP contribution in [0, 0.1) is 0 Å².